The van der Waals surface area contributed by atoms with Gasteiger partial charge in [-0.25, -0.2) is 0 Å². The van der Waals surface area contributed by atoms with E-state index in [1.165, 1.54) is 0 Å². The van der Waals surface area contributed by atoms with Crippen LogP contribution in [0.1, 0.15) is 5.56 Å². The Morgan fingerprint density at radius 1 is 0.947 bits per heavy atom. The highest BCUT2D eigenvalue weighted by molar-refractivity contribution is 5.87. The molecular formula is C16H14N2O. The van der Waals surface area contributed by atoms with Gasteiger partial charge in [-0.3, -0.25) is 4.79 Å². The summed E-state index contributed by atoms with van der Waals surface area (Å²) in [5.41, 5.74) is 3.24. The molecule has 0 aliphatic carbocycles. The summed E-state index contributed by atoms with van der Waals surface area (Å²) in [7, 11) is 0. The molecule has 2 aromatic carbocycles. The molecular weight excluding hydrogens is 236 g/mol. The van der Waals surface area contributed by atoms with Gasteiger partial charge in [-0.15, -0.1) is 0 Å². The van der Waals surface area contributed by atoms with Gasteiger partial charge in [0.15, 0.2) is 0 Å². The maximum absolute atomic E-state index is 12.1. The maximum Gasteiger partial charge on any atom is 0.272 e. The first-order valence-corrected chi connectivity index (χ1v) is 6.19. The van der Waals surface area contributed by atoms with Crippen LogP contribution in [0.4, 0.5) is 11.4 Å². The first-order valence-electron chi connectivity index (χ1n) is 6.19. The van der Waals surface area contributed by atoms with Crippen LogP contribution in [0.3, 0.4) is 0 Å². The molecule has 2 N–H and O–H groups in total. The van der Waals surface area contributed by atoms with Crippen molar-refractivity contribution in [2.45, 2.75) is 6.92 Å². The molecule has 0 aliphatic rings. The predicted octanol–water partition coefficient (Wildman–Crippen LogP) is 3.58. The van der Waals surface area contributed by atoms with E-state index in [2.05, 4.69) is 10.3 Å². The van der Waals surface area contributed by atoms with Crippen LogP contribution in [0.25, 0.3) is 10.9 Å². The molecule has 0 aliphatic heterocycles. The fourth-order valence-corrected chi connectivity index (χ4v) is 2.23. The number of benzene rings is 2. The van der Waals surface area contributed by atoms with Gasteiger partial charge in [0.2, 0.25) is 0 Å². The Bertz CT molecular complexity index is 776. The fraction of sp³-hybridized carbons (Fsp3) is 0.0625. The quantitative estimate of drug-likeness (QED) is 0.730. The second kappa shape index (κ2) is 4.61. The van der Waals surface area contributed by atoms with Crippen molar-refractivity contribution in [1.82, 2.24) is 4.98 Å². The smallest absolute Gasteiger partial charge is 0.272 e. The number of rotatable bonds is 2. The van der Waals surface area contributed by atoms with Gasteiger partial charge in [0.25, 0.3) is 5.56 Å². The molecule has 0 bridgehead atoms. The number of fused-ring (bicyclic) bond motifs is 1. The van der Waals surface area contributed by atoms with Gasteiger partial charge in [-0.05, 0) is 30.7 Å². The van der Waals surface area contributed by atoms with Gasteiger partial charge < -0.3 is 10.3 Å². The third kappa shape index (κ3) is 2.10. The molecule has 0 unspecified atom stereocenters. The molecule has 0 radical (unpaired) electrons. The lowest BCUT2D eigenvalue weighted by molar-refractivity contribution is 1.27. The molecule has 3 nitrogen and oxygen atoms in total. The molecule has 0 amide bonds. The summed E-state index contributed by atoms with van der Waals surface area (Å²) < 4.78 is 0. The van der Waals surface area contributed by atoms with Crippen molar-refractivity contribution >= 4 is 22.3 Å². The molecule has 3 heteroatoms. The van der Waals surface area contributed by atoms with Crippen molar-refractivity contribution in [3.05, 3.63) is 70.5 Å². The minimum atomic E-state index is -0.0972. The maximum atomic E-state index is 12.1. The number of hydrogen-bond donors (Lipinski definition) is 2. The van der Waals surface area contributed by atoms with E-state index in [-0.39, 0.29) is 5.56 Å². The number of hydrogen-bond acceptors (Lipinski definition) is 2. The highest BCUT2D eigenvalue weighted by atomic mass is 16.1. The van der Waals surface area contributed by atoms with Crippen molar-refractivity contribution in [1.29, 1.82) is 0 Å². The van der Waals surface area contributed by atoms with E-state index >= 15 is 0 Å². The van der Waals surface area contributed by atoms with Crippen LogP contribution < -0.4 is 10.9 Å². The summed E-state index contributed by atoms with van der Waals surface area (Å²) in [5.74, 6) is 0. The van der Waals surface area contributed by atoms with E-state index in [4.69, 9.17) is 0 Å². The minimum Gasteiger partial charge on any atom is -0.351 e. The van der Waals surface area contributed by atoms with E-state index in [9.17, 15) is 4.79 Å². The third-order valence-corrected chi connectivity index (χ3v) is 3.22. The van der Waals surface area contributed by atoms with Gasteiger partial charge in [0.05, 0.1) is 0 Å². The Kier molecular flexibility index (Phi) is 2.80. The van der Waals surface area contributed by atoms with Crippen LogP contribution in [0, 0.1) is 6.92 Å². The number of aryl methyl sites for hydroxylation is 1. The van der Waals surface area contributed by atoms with E-state index in [0.717, 1.165) is 22.2 Å². The Balaban J connectivity index is 2.16. The van der Waals surface area contributed by atoms with Crippen molar-refractivity contribution in [2.24, 2.45) is 0 Å². The Morgan fingerprint density at radius 3 is 2.42 bits per heavy atom. The number of para-hydroxylation sites is 2. The molecule has 0 saturated carbocycles. The minimum absolute atomic E-state index is 0.0972. The topological polar surface area (TPSA) is 44.9 Å². The number of nitrogens with one attached hydrogen (secondary N) is 2. The summed E-state index contributed by atoms with van der Waals surface area (Å²) in [6.07, 6.45) is 0. The molecule has 0 saturated heterocycles. The predicted molar refractivity (Wildman–Crippen MR) is 79.0 cm³/mol. The van der Waals surface area contributed by atoms with Crippen LogP contribution in [-0.2, 0) is 0 Å². The molecule has 1 heterocycles. The molecule has 1 aromatic heterocycles. The first-order chi connectivity index (χ1) is 9.25. The summed E-state index contributed by atoms with van der Waals surface area (Å²) in [5, 5.41) is 4.24. The van der Waals surface area contributed by atoms with Crippen molar-refractivity contribution in [3.63, 3.8) is 0 Å². The monoisotopic (exact) mass is 250 g/mol. The second-order valence-corrected chi connectivity index (χ2v) is 4.49. The van der Waals surface area contributed by atoms with Crippen LogP contribution in [0.15, 0.2) is 59.4 Å². The average Bonchev–Trinajstić information content (AvgIpc) is 2.45. The lowest BCUT2D eigenvalue weighted by atomic mass is 10.1. The number of aromatic nitrogens is 1. The van der Waals surface area contributed by atoms with Gasteiger partial charge in [0.1, 0.15) is 5.69 Å². The molecule has 3 aromatic rings. The lowest BCUT2D eigenvalue weighted by Crippen LogP contribution is -2.13. The molecule has 3 rings (SSSR count). The SMILES string of the molecule is Cc1c(Nc2ccccc2)c(=O)[nH]c2ccccc12. The number of H-pyrrole nitrogens is 1. The zero-order valence-corrected chi connectivity index (χ0v) is 10.6. The molecule has 94 valence electrons. The lowest BCUT2D eigenvalue weighted by Gasteiger charge is -2.11. The van der Waals surface area contributed by atoms with E-state index in [1.807, 2.05) is 61.5 Å². The summed E-state index contributed by atoms with van der Waals surface area (Å²) in [6.45, 7) is 1.96. The van der Waals surface area contributed by atoms with Crippen molar-refractivity contribution in [3.8, 4) is 0 Å². The fourth-order valence-electron chi connectivity index (χ4n) is 2.23. The van der Waals surface area contributed by atoms with Gasteiger partial charge in [-0.2, -0.15) is 0 Å². The van der Waals surface area contributed by atoms with E-state index in [1.54, 1.807) is 0 Å². The van der Waals surface area contributed by atoms with Gasteiger partial charge in [0, 0.05) is 16.6 Å². The summed E-state index contributed by atoms with van der Waals surface area (Å²) in [4.78, 5) is 15.0. The molecule has 19 heavy (non-hydrogen) atoms. The normalized spacial score (nSPS) is 10.6. The highest BCUT2D eigenvalue weighted by Gasteiger charge is 2.08. The standard InChI is InChI=1S/C16H14N2O/c1-11-13-9-5-6-10-14(13)18-16(19)15(11)17-12-7-3-2-4-8-12/h2-10,17H,1H3,(H,18,19). The Hall–Kier alpha value is -2.55. The summed E-state index contributed by atoms with van der Waals surface area (Å²) in [6, 6.07) is 17.5. The molecule has 0 fully saturated rings. The molecule has 0 atom stereocenters. The van der Waals surface area contributed by atoms with E-state index < -0.39 is 0 Å². The Labute approximate surface area is 110 Å². The zero-order chi connectivity index (χ0) is 13.2. The first kappa shape index (κ1) is 11.5. The van der Waals surface area contributed by atoms with E-state index in [0.29, 0.717) is 5.69 Å². The number of anilines is 2. The van der Waals surface area contributed by atoms with Crippen molar-refractivity contribution < 1.29 is 0 Å². The molecule has 0 spiro atoms. The van der Waals surface area contributed by atoms with Gasteiger partial charge >= 0.3 is 0 Å². The third-order valence-electron chi connectivity index (χ3n) is 3.22. The van der Waals surface area contributed by atoms with Crippen LogP contribution in [0.5, 0.6) is 0 Å². The van der Waals surface area contributed by atoms with Crippen molar-refractivity contribution in [2.75, 3.05) is 5.32 Å². The Morgan fingerprint density at radius 2 is 1.63 bits per heavy atom. The summed E-state index contributed by atoms with van der Waals surface area (Å²) >= 11 is 0. The van der Waals surface area contributed by atoms with Gasteiger partial charge in [-0.1, -0.05) is 36.4 Å². The largest absolute Gasteiger partial charge is 0.351 e. The zero-order valence-electron chi connectivity index (χ0n) is 10.6. The highest BCUT2D eigenvalue weighted by Crippen LogP contribution is 2.22. The number of pyridine rings is 1. The van der Waals surface area contributed by atoms with Crippen LogP contribution in [-0.4, -0.2) is 4.98 Å². The van der Waals surface area contributed by atoms with Crippen LogP contribution in [0.2, 0.25) is 0 Å². The van der Waals surface area contributed by atoms with Crippen LogP contribution >= 0.6 is 0 Å². The second-order valence-electron chi connectivity index (χ2n) is 4.49. The average molecular weight is 250 g/mol. The number of aromatic amines is 1.